The standard InChI is InChI=1S/C19H15N5O3/c1-27-14-9-5-3-7-12(14)24-10-21-16-15(17(20)26)22-18(23-19(16)24)11-6-2-4-8-13(11)25/h2-10,25H,1H3,(H2,20,26). The molecule has 0 saturated heterocycles. The lowest BCUT2D eigenvalue weighted by molar-refractivity contribution is 0.0997. The number of rotatable bonds is 4. The van der Waals surface area contributed by atoms with Gasteiger partial charge in [-0.05, 0) is 24.3 Å². The van der Waals surface area contributed by atoms with Crippen LogP contribution in [0.3, 0.4) is 0 Å². The largest absolute Gasteiger partial charge is 0.507 e. The smallest absolute Gasteiger partial charge is 0.269 e. The molecule has 27 heavy (non-hydrogen) atoms. The molecule has 0 saturated carbocycles. The number of methoxy groups -OCH3 is 1. The van der Waals surface area contributed by atoms with Gasteiger partial charge in [0.2, 0.25) is 0 Å². The molecule has 0 aliphatic rings. The van der Waals surface area contributed by atoms with Crippen molar-refractivity contribution in [2.24, 2.45) is 5.73 Å². The molecule has 2 aromatic carbocycles. The van der Waals surface area contributed by atoms with Gasteiger partial charge in [0, 0.05) is 0 Å². The number of ether oxygens (including phenoxy) is 1. The Morgan fingerprint density at radius 2 is 1.85 bits per heavy atom. The van der Waals surface area contributed by atoms with E-state index in [2.05, 4.69) is 15.0 Å². The number of fused-ring (bicyclic) bond motifs is 1. The highest BCUT2D eigenvalue weighted by molar-refractivity contribution is 6.02. The molecule has 0 fully saturated rings. The van der Waals surface area contributed by atoms with Crippen LogP contribution in [-0.4, -0.2) is 37.6 Å². The minimum absolute atomic E-state index is 0.00405. The zero-order chi connectivity index (χ0) is 19.0. The highest BCUT2D eigenvalue weighted by atomic mass is 16.5. The van der Waals surface area contributed by atoms with Gasteiger partial charge in [0.15, 0.2) is 17.2 Å². The third-order valence-corrected chi connectivity index (χ3v) is 4.12. The maximum Gasteiger partial charge on any atom is 0.269 e. The van der Waals surface area contributed by atoms with Crippen LogP contribution >= 0.6 is 0 Å². The molecule has 0 aliphatic carbocycles. The van der Waals surface area contributed by atoms with Crippen molar-refractivity contribution in [3.63, 3.8) is 0 Å². The number of nitrogens with zero attached hydrogens (tertiary/aromatic N) is 4. The van der Waals surface area contributed by atoms with Gasteiger partial charge in [0.1, 0.15) is 23.3 Å². The fraction of sp³-hybridized carbons (Fsp3) is 0.0526. The van der Waals surface area contributed by atoms with Crippen molar-refractivity contribution < 1.29 is 14.6 Å². The predicted molar refractivity (Wildman–Crippen MR) is 98.8 cm³/mol. The van der Waals surface area contributed by atoms with Crippen molar-refractivity contribution in [3.8, 4) is 28.6 Å². The Balaban J connectivity index is 2.04. The summed E-state index contributed by atoms with van der Waals surface area (Å²) < 4.78 is 7.09. The van der Waals surface area contributed by atoms with E-state index < -0.39 is 5.91 Å². The Bertz CT molecular complexity index is 1170. The lowest BCUT2D eigenvalue weighted by Gasteiger charge is -2.10. The molecule has 0 radical (unpaired) electrons. The number of hydrogen-bond donors (Lipinski definition) is 2. The minimum atomic E-state index is -0.732. The SMILES string of the molecule is COc1ccccc1-n1cnc2c(C(N)=O)nc(-c3ccccc3O)nc21. The quantitative estimate of drug-likeness (QED) is 0.576. The molecule has 2 heterocycles. The Kier molecular flexibility index (Phi) is 3.92. The Morgan fingerprint density at radius 3 is 2.59 bits per heavy atom. The van der Waals surface area contributed by atoms with E-state index in [1.807, 2.05) is 18.2 Å². The minimum Gasteiger partial charge on any atom is -0.507 e. The van der Waals surface area contributed by atoms with Gasteiger partial charge in [-0.3, -0.25) is 9.36 Å². The normalized spacial score (nSPS) is 10.9. The highest BCUT2D eigenvalue weighted by Gasteiger charge is 2.20. The number of nitrogens with two attached hydrogens (primary N) is 1. The van der Waals surface area contributed by atoms with Gasteiger partial charge in [-0.15, -0.1) is 0 Å². The summed E-state index contributed by atoms with van der Waals surface area (Å²) in [6.07, 6.45) is 1.53. The molecule has 0 spiro atoms. The van der Waals surface area contributed by atoms with Gasteiger partial charge in [-0.2, -0.15) is 0 Å². The van der Waals surface area contributed by atoms with E-state index in [4.69, 9.17) is 10.5 Å². The average Bonchev–Trinajstić information content (AvgIpc) is 3.11. The van der Waals surface area contributed by atoms with Crippen LogP contribution in [0.25, 0.3) is 28.2 Å². The van der Waals surface area contributed by atoms with Crippen LogP contribution in [0.1, 0.15) is 10.5 Å². The van der Waals surface area contributed by atoms with Crippen molar-refractivity contribution in [1.82, 2.24) is 19.5 Å². The van der Waals surface area contributed by atoms with Gasteiger partial charge in [0.25, 0.3) is 5.91 Å². The second-order valence-electron chi connectivity index (χ2n) is 5.74. The summed E-state index contributed by atoms with van der Waals surface area (Å²) in [5.74, 6) is 0.0474. The molecule has 8 nitrogen and oxygen atoms in total. The third-order valence-electron chi connectivity index (χ3n) is 4.12. The first-order chi connectivity index (χ1) is 13.1. The Labute approximate surface area is 153 Å². The molecule has 0 unspecified atom stereocenters. The van der Waals surface area contributed by atoms with E-state index in [9.17, 15) is 9.90 Å². The van der Waals surface area contributed by atoms with Gasteiger partial charge in [0.05, 0.1) is 18.4 Å². The Morgan fingerprint density at radius 1 is 1.11 bits per heavy atom. The number of benzene rings is 2. The number of phenols is 1. The number of aromatic nitrogens is 4. The summed E-state index contributed by atoms with van der Waals surface area (Å²) in [6, 6.07) is 13.9. The first-order valence-corrected chi connectivity index (χ1v) is 8.07. The van der Waals surface area contributed by atoms with Gasteiger partial charge in [-0.1, -0.05) is 24.3 Å². The van der Waals surface area contributed by atoms with Crippen LogP contribution in [-0.2, 0) is 0 Å². The van der Waals surface area contributed by atoms with Crippen LogP contribution in [0.2, 0.25) is 0 Å². The zero-order valence-electron chi connectivity index (χ0n) is 14.3. The molecule has 0 atom stereocenters. The van der Waals surface area contributed by atoms with Crippen molar-refractivity contribution in [3.05, 3.63) is 60.6 Å². The van der Waals surface area contributed by atoms with Crippen LogP contribution < -0.4 is 10.5 Å². The van der Waals surface area contributed by atoms with Crippen molar-refractivity contribution >= 4 is 17.1 Å². The van der Waals surface area contributed by atoms with E-state index in [1.54, 1.807) is 35.9 Å². The third kappa shape index (κ3) is 2.73. The summed E-state index contributed by atoms with van der Waals surface area (Å²) >= 11 is 0. The number of carbonyl (C=O) groups is 1. The Hall–Kier alpha value is -3.94. The summed E-state index contributed by atoms with van der Waals surface area (Å²) in [7, 11) is 1.56. The molecular formula is C19H15N5O3. The number of amides is 1. The number of hydrogen-bond acceptors (Lipinski definition) is 6. The van der Waals surface area contributed by atoms with Crippen LogP contribution in [0.4, 0.5) is 0 Å². The maximum absolute atomic E-state index is 11.9. The maximum atomic E-state index is 11.9. The van der Waals surface area contributed by atoms with Crippen LogP contribution in [0, 0.1) is 0 Å². The number of carbonyl (C=O) groups excluding carboxylic acids is 1. The molecular weight excluding hydrogens is 346 g/mol. The molecule has 0 aliphatic heterocycles. The van der Waals surface area contributed by atoms with Crippen molar-refractivity contribution in [2.75, 3.05) is 7.11 Å². The van der Waals surface area contributed by atoms with Crippen LogP contribution in [0.5, 0.6) is 11.5 Å². The lowest BCUT2D eigenvalue weighted by Crippen LogP contribution is -2.15. The number of primary amides is 1. The topological polar surface area (TPSA) is 116 Å². The van der Waals surface area contributed by atoms with Crippen molar-refractivity contribution in [1.29, 1.82) is 0 Å². The van der Waals surface area contributed by atoms with E-state index >= 15 is 0 Å². The van der Waals surface area contributed by atoms with E-state index in [1.165, 1.54) is 12.4 Å². The molecule has 8 heteroatoms. The average molecular weight is 361 g/mol. The van der Waals surface area contributed by atoms with Gasteiger partial charge in [-0.25, -0.2) is 15.0 Å². The van der Waals surface area contributed by atoms with Gasteiger partial charge < -0.3 is 15.6 Å². The number of para-hydroxylation sites is 3. The predicted octanol–water partition coefficient (Wildman–Crippen LogP) is 2.30. The second kappa shape index (κ2) is 6.41. The zero-order valence-corrected chi connectivity index (χ0v) is 14.3. The summed E-state index contributed by atoms with van der Waals surface area (Å²) in [5.41, 5.74) is 7.21. The first-order valence-electron chi connectivity index (χ1n) is 8.07. The molecule has 4 aromatic rings. The number of phenolic OH excluding ortho intramolecular Hbond substituents is 1. The first kappa shape index (κ1) is 16.5. The number of aromatic hydroxyl groups is 1. The van der Waals surface area contributed by atoms with E-state index in [0.717, 1.165) is 0 Å². The molecule has 4 rings (SSSR count). The molecule has 2 aromatic heterocycles. The second-order valence-corrected chi connectivity index (χ2v) is 5.74. The monoisotopic (exact) mass is 361 g/mol. The molecule has 0 bridgehead atoms. The van der Waals surface area contributed by atoms with Crippen LogP contribution in [0.15, 0.2) is 54.9 Å². The van der Waals surface area contributed by atoms with E-state index in [0.29, 0.717) is 22.6 Å². The molecule has 1 amide bonds. The molecule has 134 valence electrons. The van der Waals surface area contributed by atoms with Gasteiger partial charge >= 0.3 is 0 Å². The summed E-state index contributed by atoms with van der Waals surface area (Å²) in [4.78, 5) is 25.0. The number of imidazole rings is 1. The van der Waals surface area contributed by atoms with E-state index in [-0.39, 0.29) is 22.8 Å². The highest BCUT2D eigenvalue weighted by Crippen LogP contribution is 2.30. The fourth-order valence-corrected chi connectivity index (χ4v) is 2.86. The fourth-order valence-electron chi connectivity index (χ4n) is 2.86. The lowest BCUT2D eigenvalue weighted by atomic mass is 10.2. The van der Waals surface area contributed by atoms with Crippen molar-refractivity contribution in [2.45, 2.75) is 0 Å². The molecule has 3 N–H and O–H groups in total. The summed E-state index contributed by atoms with van der Waals surface area (Å²) in [6.45, 7) is 0. The summed E-state index contributed by atoms with van der Waals surface area (Å²) in [5, 5.41) is 10.1.